The fourth-order valence-electron chi connectivity index (χ4n) is 2.91. The van der Waals surface area contributed by atoms with Gasteiger partial charge in [0.05, 0.1) is 16.6 Å². The number of fused-ring (bicyclic) bond motifs is 1. The molecule has 0 atom stereocenters. The maximum absolute atomic E-state index is 13.4. The van der Waals surface area contributed by atoms with E-state index in [1.165, 1.54) is 12.1 Å². The Morgan fingerprint density at radius 2 is 2.05 bits per heavy atom. The molecule has 108 valence electrons. The monoisotopic (exact) mass is 277 g/mol. The Morgan fingerprint density at radius 3 is 2.70 bits per heavy atom. The van der Waals surface area contributed by atoms with Crippen LogP contribution >= 0.6 is 0 Å². The van der Waals surface area contributed by atoms with Gasteiger partial charge in [0.1, 0.15) is 11.6 Å². The molecule has 2 N–H and O–H groups in total. The van der Waals surface area contributed by atoms with E-state index in [1.807, 2.05) is 0 Å². The molecule has 5 heteroatoms. The smallest absolute Gasteiger partial charge is 0.130 e. The second kappa shape index (κ2) is 4.82. The van der Waals surface area contributed by atoms with Gasteiger partial charge in [-0.3, -0.25) is 0 Å². The van der Waals surface area contributed by atoms with Crippen LogP contribution in [0.2, 0.25) is 0 Å². The molecule has 1 aromatic heterocycles. The number of hydrogen-bond acceptors (Lipinski definition) is 3. The van der Waals surface area contributed by atoms with Crippen molar-refractivity contribution >= 4 is 11.0 Å². The van der Waals surface area contributed by atoms with Crippen molar-refractivity contribution in [3.8, 4) is 0 Å². The highest BCUT2D eigenvalue weighted by Gasteiger charge is 2.35. The van der Waals surface area contributed by atoms with Gasteiger partial charge in [0.25, 0.3) is 0 Å². The summed E-state index contributed by atoms with van der Waals surface area (Å²) in [6.07, 6.45) is 1.48. The number of rotatable bonds is 2. The quantitative estimate of drug-likeness (QED) is 0.918. The van der Waals surface area contributed by atoms with E-state index in [2.05, 4.69) is 23.4 Å². The van der Waals surface area contributed by atoms with E-state index in [0.29, 0.717) is 18.7 Å². The summed E-state index contributed by atoms with van der Waals surface area (Å²) in [7, 11) is 0. The Hall–Kier alpha value is -1.46. The van der Waals surface area contributed by atoms with Crippen molar-refractivity contribution in [2.24, 2.45) is 5.73 Å². The van der Waals surface area contributed by atoms with Crippen LogP contribution in [0.4, 0.5) is 4.39 Å². The molecule has 0 bridgehead atoms. The lowest BCUT2D eigenvalue weighted by Gasteiger charge is -2.34. The highest BCUT2D eigenvalue weighted by Crippen LogP contribution is 2.33. The van der Waals surface area contributed by atoms with E-state index in [0.717, 1.165) is 24.2 Å². The minimum absolute atomic E-state index is 0.226. The van der Waals surface area contributed by atoms with Gasteiger partial charge in [0.2, 0.25) is 0 Å². The first-order valence-corrected chi connectivity index (χ1v) is 7.06. The predicted octanol–water partition coefficient (Wildman–Crippen LogP) is 2.72. The zero-order valence-corrected chi connectivity index (χ0v) is 11.9. The molecule has 0 spiro atoms. The average Bonchev–Trinajstić information content (AvgIpc) is 2.78. The molecule has 0 amide bonds. The molecule has 2 heterocycles. The Labute approximate surface area is 117 Å². The fourth-order valence-corrected chi connectivity index (χ4v) is 2.91. The van der Waals surface area contributed by atoms with Crippen molar-refractivity contribution in [2.75, 3.05) is 13.2 Å². The maximum Gasteiger partial charge on any atom is 0.130 e. The molecule has 1 saturated heterocycles. The van der Waals surface area contributed by atoms with Crippen LogP contribution in [0.1, 0.15) is 38.6 Å². The molecule has 0 saturated carbocycles. The van der Waals surface area contributed by atoms with Crippen molar-refractivity contribution in [3.63, 3.8) is 0 Å². The molecule has 0 unspecified atom stereocenters. The molecule has 2 aromatic rings. The third-order valence-electron chi connectivity index (χ3n) is 4.00. The van der Waals surface area contributed by atoms with Crippen LogP contribution in [-0.4, -0.2) is 22.8 Å². The van der Waals surface area contributed by atoms with E-state index < -0.39 is 5.54 Å². The van der Waals surface area contributed by atoms with E-state index in [4.69, 9.17) is 10.5 Å². The molecule has 0 radical (unpaired) electrons. The number of nitrogens with two attached hydrogens (primary N) is 1. The third-order valence-corrected chi connectivity index (χ3v) is 4.00. The minimum Gasteiger partial charge on any atom is -0.381 e. The normalized spacial score (nSPS) is 18.9. The number of halogens is 1. The lowest BCUT2D eigenvalue weighted by Crippen LogP contribution is -2.44. The molecule has 4 nitrogen and oxygen atoms in total. The van der Waals surface area contributed by atoms with Gasteiger partial charge in [-0.15, -0.1) is 0 Å². The first-order chi connectivity index (χ1) is 9.51. The second-order valence-electron chi connectivity index (χ2n) is 5.80. The van der Waals surface area contributed by atoms with Gasteiger partial charge >= 0.3 is 0 Å². The van der Waals surface area contributed by atoms with Crippen LogP contribution in [0.5, 0.6) is 0 Å². The first kappa shape index (κ1) is 13.5. The van der Waals surface area contributed by atoms with E-state index in [1.54, 1.807) is 6.07 Å². The minimum atomic E-state index is -0.488. The van der Waals surface area contributed by atoms with Gasteiger partial charge in [-0.1, -0.05) is 0 Å². The van der Waals surface area contributed by atoms with Crippen LogP contribution in [-0.2, 0) is 10.3 Å². The number of aromatic nitrogens is 2. The SMILES string of the molecule is CC(C)n1c(C2(N)CCOCC2)nc2cc(F)ccc21. The molecule has 0 aliphatic carbocycles. The van der Waals surface area contributed by atoms with Crippen molar-refractivity contribution in [1.29, 1.82) is 0 Å². The molecule has 3 rings (SSSR count). The molecule has 1 aromatic carbocycles. The summed E-state index contributed by atoms with van der Waals surface area (Å²) >= 11 is 0. The first-order valence-electron chi connectivity index (χ1n) is 7.06. The summed E-state index contributed by atoms with van der Waals surface area (Å²) in [5, 5.41) is 0. The molecular weight excluding hydrogens is 257 g/mol. The van der Waals surface area contributed by atoms with E-state index in [9.17, 15) is 4.39 Å². The van der Waals surface area contributed by atoms with Gasteiger partial charge in [0.15, 0.2) is 0 Å². The molecule has 1 fully saturated rings. The number of imidazole rings is 1. The zero-order valence-electron chi connectivity index (χ0n) is 11.9. The number of nitrogens with zero attached hydrogens (tertiary/aromatic N) is 2. The van der Waals surface area contributed by atoms with Crippen LogP contribution in [0.25, 0.3) is 11.0 Å². The Balaban J connectivity index is 2.21. The van der Waals surface area contributed by atoms with Gasteiger partial charge in [-0.2, -0.15) is 0 Å². The van der Waals surface area contributed by atoms with Crippen molar-refractivity contribution in [1.82, 2.24) is 9.55 Å². The average molecular weight is 277 g/mol. The summed E-state index contributed by atoms with van der Waals surface area (Å²) in [5.74, 6) is 0.576. The van der Waals surface area contributed by atoms with Gasteiger partial charge in [-0.05, 0) is 38.8 Å². The van der Waals surface area contributed by atoms with Crippen molar-refractivity contribution in [2.45, 2.75) is 38.3 Å². The van der Waals surface area contributed by atoms with Crippen LogP contribution in [0.15, 0.2) is 18.2 Å². The van der Waals surface area contributed by atoms with E-state index >= 15 is 0 Å². The number of ether oxygens (including phenoxy) is 1. The van der Waals surface area contributed by atoms with Crippen molar-refractivity contribution < 1.29 is 9.13 Å². The summed E-state index contributed by atoms with van der Waals surface area (Å²) in [6.45, 7) is 5.48. The third kappa shape index (κ3) is 2.11. The fraction of sp³-hybridized carbons (Fsp3) is 0.533. The molecular formula is C15H20FN3O. The lowest BCUT2D eigenvalue weighted by molar-refractivity contribution is 0.0477. The summed E-state index contributed by atoms with van der Waals surface area (Å²) in [4.78, 5) is 4.63. The van der Waals surface area contributed by atoms with Gasteiger partial charge in [-0.25, -0.2) is 9.37 Å². The van der Waals surface area contributed by atoms with Gasteiger partial charge < -0.3 is 15.0 Å². The second-order valence-corrected chi connectivity index (χ2v) is 5.80. The van der Waals surface area contributed by atoms with E-state index in [-0.39, 0.29) is 11.9 Å². The topological polar surface area (TPSA) is 53.1 Å². The number of hydrogen-bond donors (Lipinski definition) is 1. The van der Waals surface area contributed by atoms with Crippen LogP contribution in [0.3, 0.4) is 0 Å². The highest BCUT2D eigenvalue weighted by molar-refractivity contribution is 5.76. The Kier molecular flexibility index (Phi) is 3.26. The molecule has 1 aliphatic rings. The summed E-state index contributed by atoms with van der Waals surface area (Å²) < 4.78 is 20.9. The maximum atomic E-state index is 13.4. The van der Waals surface area contributed by atoms with Crippen molar-refractivity contribution in [3.05, 3.63) is 29.8 Å². The standard InChI is InChI=1S/C15H20FN3O/c1-10(2)19-13-4-3-11(16)9-12(13)18-14(19)15(17)5-7-20-8-6-15/h3-4,9-10H,5-8,17H2,1-2H3. The Bertz CT molecular complexity index is 629. The van der Waals surface area contributed by atoms with Crippen LogP contribution < -0.4 is 5.73 Å². The predicted molar refractivity (Wildman–Crippen MR) is 76.0 cm³/mol. The largest absolute Gasteiger partial charge is 0.381 e. The lowest BCUT2D eigenvalue weighted by atomic mass is 9.90. The Morgan fingerprint density at radius 1 is 1.35 bits per heavy atom. The zero-order chi connectivity index (χ0) is 14.3. The summed E-state index contributed by atoms with van der Waals surface area (Å²) in [6, 6.07) is 4.95. The van der Waals surface area contributed by atoms with Crippen LogP contribution in [0, 0.1) is 5.82 Å². The highest BCUT2D eigenvalue weighted by atomic mass is 19.1. The summed E-state index contributed by atoms with van der Waals surface area (Å²) in [5.41, 5.74) is 7.68. The molecule has 1 aliphatic heterocycles. The van der Waals surface area contributed by atoms with Gasteiger partial charge in [0, 0.05) is 25.3 Å². The molecule has 20 heavy (non-hydrogen) atoms. The number of benzene rings is 1.